The maximum Gasteiger partial charge on any atom is 0.252 e. The Hall–Kier alpha value is -2.60. The molecule has 1 aliphatic heterocycles. The molecule has 2 aliphatic carbocycles. The van der Waals surface area contributed by atoms with Gasteiger partial charge in [-0.25, -0.2) is 4.98 Å². The monoisotopic (exact) mass is 362 g/mol. The van der Waals surface area contributed by atoms with Crippen molar-refractivity contribution in [3.8, 4) is 0 Å². The number of piperidine rings is 1. The molecule has 0 bridgehead atoms. The molecule has 6 nitrogen and oxygen atoms in total. The smallest absolute Gasteiger partial charge is 0.252 e. The van der Waals surface area contributed by atoms with Crippen LogP contribution in [0.3, 0.4) is 0 Å². The Balaban J connectivity index is 1.65. The first-order valence-electron chi connectivity index (χ1n) is 9.79. The van der Waals surface area contributed by atoms with Crippen molar-refractivity contribution in [1.82, 2.24) is 9.38 Å². The van der Waals surface area contributed by atoms with Gasteiger partial charge in [-0.2, -0.15) is 0 Å². The molecule has 2 fully saturated rings. The molecule has 27 heavy (non-hydrogen) atoms. The fourth-order valence-corrected chi connectivity index (χ4v) is 5.63. The zero-order valence-electron chi connectivity index (χ0n) is 15.1. The second-order valence-corrected chi connectivity index (χ2v) is 8.21. The number of pyridine rings is 1. The summed E-state index contributed by atoms with van der Waals surface area (Å²) in [7, 11) is 0. The van der Waals surface area contributed by atoms with Crippen LogP contribution >= 0.6 is 0 Å². The van der Waals surface area contributed by atoms with Crippen LogP contribution in [0.2, 0.25) is 0 Å². The number of primary amides is 1. The summed E-state index contributed by atoms with van der Waals surface area (Å²) >= 11 is 0. The normalized spacial score (nSPS) is 26.0. The number of carbonyl (C=O) groups is 1. The van der Waals surface area contributed by atoms with Crippen molar-refractivity contribution in [1.29, 1.82) is 0 Å². The first-order valence-corrected chi connectivity index (χ1v) is 9.79. The van der Waals surface area contributed by atoms with Gasteiger partial charge in [-0.3, -0.25) is 9.20 Å². The van der Waals surface area contributed by atoms with E-state index in [4.69, 9.17) is 10.7 Å². The number of benzene rings is 1. The number of rotatable bonds is 3. The van der Waals surface area contributed by atoms with Gasteiger partial charge in [-0.05, 0) is 60.3 Å². The molecule has 0 unspecified atom stereocenters. The molecule has 1 amide bonds. The van der Waals surface area contributed by atoms with E-state index < -0.39 is 0 Å². The zero-order valence-corrected chi connectivity index (χ0v) is 15.1. The molecule has 3 aromatic rings. The van der Waals surface area contributed by atoms with Crippen molar-refractivity contribution in [2.75, 3.05) is 24.6 Å². The molecule has 1 aromatic carbocycles. The lowest BCUT2D eigenvalue weighted by Gasteiger charge is -2.27. The van der Waals surface area contributed by atoms with Gasteiger partial charge in [0.25, 0.3) is 5.91 Å². The van der Waals surface area contributed by atoms with Gasteiger partial charge in [0.2, 0.25) is 0 Å². The highest BCUT2D eigenvalue weighted by molar-refractivity contribution is 6.03. The molecule has 6 rings (SSSR count). The number of aliphatic hydroxyl groups is 1. The molecule has 1 saturated heterocycles. The van der Waals surface area contributed by atoms with Crippen LogP contribution in [-0.4, -0.2) is 40.1 Å². The fourth-order valence-electron chi connectivity index (χ4n) is 5.63. The minimum absolute atomic E-state index is 0.297. The van der Waals surface area contributed by atoms with Gasteiger partial charge >= 0.3 is 0 Å². The topological polar surface area (TPSA) is 83.9 Å². The maximum atomic E-state index is 12.4. The van der Waals surface area contributed by atoms with Crippen LogP contribution in [-0.2, 0) is 12.8 Å². The van der Waals surface area contributed by atoms with Crippen LogP contribution in [0.4, 0.5) is 5.82 Å². The molecule has 1 saturated carbocycles. The van der Waals surface area contributed by atoms with Crippen LogP contribution < -0.4 is 10.6 Å². The van der Waals surface area contributed by atoms with E-state index in [-0.39, 0.29) is 5.91 Å². The van der Waals surface area contributed by atoms with Crippen LogP contribution in [0.25, 0.3) is 16.7 Å². The van der Waals surface area contributed by atoms with Crippen LogP contribution in [0.5, 0.6) is 0 Å². The van der Waals surface area contributed by atoms with Crippen molar-refractivity contribution in [3.63, 3.8) is 0 Å². The van der Waals surface area contributed by atoms with Gasteiger partial charge < -0.3 is 15.7 Å². The van der Waals surface area contributed by atoms with E-state index >= 15 is 0 Å². The number of hydrogen-bond donors (Lipinski definition) is 2. The lowest BCUT2D eigenvalue weighted by molar-refractivity contribution is 0.100. The van der Waals surface area contributed by atoms with Gasteiger partial charge in [0.1, 0.15) is 5.82 Å². The molecule has 3 aliphatic rings. The van der Waals surface area contributed by atoms with Crippen molar-refractivity contribution in [3.05, 3.63) is 41.0 Å². The van der Waals surface area contributed by atoms with E-state index in [1.807, 2.05) is 18.2 Å². The molecule has 6 heteroatoms. The summed E-state index contributed by atoms with van der Waals surface area (Å²) in [6, 6.07) is 8.05. The first kappa shape index (κ1) is 15.5. The third-order valence-electron chi connectivity index (χ3n) is 6.91. The van der Waals surface area contributed by atoms with E-state index in [9.17, 15) is 9.90 Å². The third kappa shape index (κ3) is 1.94. The minimum Gasteiger partial charge on any atom is -0.396 e. The van der Waals surface area contributed by atoms with Crippen LogP contribution in [0, 0.1) is 17.8 Å². The second kappa shape index (κ2) is 5.23. The Bertz CT molecular complexity index is 1110. The maximum absolute atomic E-state index is 12.4. The highest BCUT2D eigenvalue weighted by Crippen LogP contribution is 2.53. The zero-order chi connectivity index (χ0) is 18.3. The molecule has 3 atom stereocenters. The number of hydrogen-bond acceptors (Lipinski definition) is 4. The van der Waals surface area contributed by atoms with Crippen LogP contribution in [0.1, 0.15) is 27.9 Å². The Morgan fingerprint density at radius 2 is 1.93 bits per heavy atom. The van der Waals surface area contributed by atoms with Gasteiger partial charge in [0, 0.05) is 19.7 Å². The van der Waals surface area contributed by atoms with Crippen molar-refractivity contribution in [2.24, 2.45) is 23.5 Å². The van der Waals surface area contributed by atoms with Crippen molar-refractivity contribution in [2.45, 2.75) is 19.3 Å². The number of carbonyl (C=O) groups excluding carboxylic acids is 1. The number of fused-ring (bicyclic) bond motifs is 5. The highest BCUT2D eigenvalue weighted by atomic mass is 16.3. The summed E-state index contributed by atoms with van der Waals surface area (Å²) in [6.45, 7) is 2.24. The van der Waals surface area contributed by atoms with E-state index in [0.29, 0.717) is 35.6 Å². The number of anilines is 1. The van der Waals surface area contributed by atoms with E-state index in [1.165, 1.54) is 11.4 Å². The number of aromatic nitrogens is 2. The standard InChI is InChI=1S/C21H22N4O2/c22-19(27)18-11-4-3-5-12(11)21(24-8-13-14(9-24)15(13)10-26)25-17-7-2-1-6-16(17)23-20(18)25/h1-2,6-7,13-15,26H,3-5,8-10H2,(H2,22,27)/t13-,14+,15-. The summed E-state index contributed by atoms with van der Waals surface area (Å²) in [5.41, 5.74) is 11.4. The quantitative estimate of drug-likeness (QED) is 0.743. The Labute approximate surface area is 156 Å². The summed E-state index contributed by atoms with van der Waals surface area (Å²) in [5, 5.41) is 9.52. The predicted octanol–water partition coefficient (Wildman–Crippen LogP) is 1.75. The molecule has 0 spiro atoms. The Kier molecular flexibility index (Phi) is 2.99. The molecular weight excluding hydrogens is 340 g/mol. The molecule has 3 N–H and O–H groups in total. The van der Waals surface area contributed by atoms with E-state index in [0.717, 1.165) is 48.9 Å². The van der Waals surface area contributed by atoms with Crippen molar-refractivity contribution < 1.29 is 9.90 Å². The molecule has 138 valence electrons. The number of nitrogens with two attached hydrogens (primary N) is 1. The minimum atomic E-state index is -0.385. The van der Waals surface area contributed by atoms with Gasteiger partial charge in [0.05, 0.1) is 16.6 Å². The molecule has 3 heterocycles. The molecule has 2 aromatic heterocycles. The van der Waals surface area contributed by atoms with Gasteiger partial charge in [-0.15, -0.1) is 0 Å². The first-order chi connectivity index (χ1) is 13.2. The number of aliphatic hydroxyl groups excluding tert-OH is 1. The number of imidazole rings is 1. The fraction of sp³-hybridized carbons (Fsp3) is 0.429. The average molecular weight is 362 g/mol. The number of nitrogens with zero attached hydrogens (tertiary/aromatic N) is 3. The third-order valence-corrected chi connectivity index (χ3v) is 6.91. The number of amides is 1. The van der Waals surface area contributed by atoms with E-state index in [2.05, 4.69) is 15.4 Å². The predicted molar refractivity (Wildman–Crippen MR) is 103 cm³/mol. The van der Waals surface area contributed by atoms with Crippen molar-refractivity contribution >= 4 is 28.4 Å². The lowest BCUT2D eigenvalue weighted by Crippen LogP contribution is -2.29. The Morgan fingerprint density at radius 1 is 1.19 bits per heavy atom. The van der Waals surface area contributed by atoms with Crippen LogP contribution in [0.15, 0.2) is 24.3 Å². The average Bonchev–Trinajstić information content (AvgIpc) is 3.11. The number of para-hydroxylation sites is 2. The molecular formula is C21H22N4O2. The Morgan fingerprint density at radius 3 is 2.67 bits per heavy atom. The van der Waals surface area contributed by atoms with E-state index in [1.54, 1.807) is 0 Å². The summed E-state index contributed by atoms with van der Waals surface area (Å²) < 4.78 is 2.16. The summed E-state index contributed by atoms with van der Waals surface area (Å²) in [5.74, 6) is 2.46. The van der Waals surface area contributed by atoms with Gasteiger partial charge in [0.15, 0.2) is 5.65 Å². The molecule has 0 radical (unpaired) electrons. The largest absolute Gasteiger partial charge is 0.396 e. The second-order valence-electron chi connectivity index (χ2n) is 8.21. The summed E-state index contributed by atoms with van der Waals surface area (Å²) in [4.78, 5) is 19.6. The lowest BCUT2D eigenvalue weighted by atomic mass is 10.0. The highest BCUT2D eigenvalue weighted by Gasteiger charge is 2.55. The van der Waals surface area contributed by atoms with Gasteiger partial charge in [-0.1, -0.05) is 12.1 Å². The SMILES string of the molecule is NC(=O)c1c2c(c(N3C[C@@H]4[C@H](CO)[C@@H]4C3)n3c1nc1ccccc13)CCC2. The summed E-state index contributed by atoms with van der Waals surface area (Å²) in [6.07, 6.45) is 2.91.